The molecule has 2 heterocycles. The molecule has 3 heteroatoms. The van der Waals surface area contributed by atoms with Crippen LogP contribution in [0.25, 0.3) is 0 Å². The van der Waals surface area contributed by atoms with E-state index in [9.17, 15) is 4.39 Å². The minimum absolute atomic E-state index is 0.125. The van der Waals surface area contributed by atoms with Crippen molar-refractivity contribution in [2.75, 3.05) is 6.54 Å². The van der Waals surface area contributed by atoms with E-state index in [1.807, 2.05) is 12.1 Å². The second kappa shape index (κ2) is 8.52. The Kier molecular flexibility index (Phi) is 5.44. The van der Waals surface area contributed by atoms with Crippen LogP contribution in [-0.2, 0) is 19.5 Å². The zero-order valence-corrected chi connectivity index (χ0v) is 17.8. The third-order valence-corrected chi connectivity index (χ3v) is 6.34. The molecular weight excluding hydrogens is 383 g/mol. The SMILES string of the molecule is Cc1cc2c(n1Cc1ccccc1)CCN(Cc1ccccc1)C2c1ccc(F)cc1. The van der Waals surface area contributed by atoms with Crippen molar-refractivity contribution in [2.24, 2.45) is 0 Å². The van der Waals surface area contributed by atoms with E-state index in [4.69, 9.17) is 0 Å². The number of aryl methyl sites for hydroxylation is 1. The summed E-state index contributed by atoms with van der Waals surface area (Å²) in [5.41, 5.74) is 7.80. The van der Waals surface area contributed by atoms with Crippen molar-refractivity contribution in [3.8, 4) is 0 Å². The number of nitrogens with zero attached hydrogens (tertiary/aromatic N) is 2. The molecule has 1 aliphatic heterocycles. The van der Waals surface area contributed by atoms with E-state index < -0.39 is 0 Å². The highest BCUT2D eigenvalue weighted by atomic mass is 19.1. The van der Waals surface area contributed by atoms with Gasteiger partial charge in [-0.15, -0.1) is 0 Å². The summed E-state index contributed by atoms with van der Waals surface area (Å²) in [4.78, 5) is 2.53. The monoisotopic (exact) mass is 410 g/mol. The summed E-state index contributed by atoms with van der Waals surface area (Å²) in [7, 11) is 0. The van der Waals surface area contributed by atoms with Crippen molar-refractivity contribution in [3.63, 3.8) is 0 Å². The standard InChI is InChI=1S/C28H27FN2/c1-21-18-26-27(31(21)20-23-10-6-3-7-11-23)16-17-30(19-22-8-4-2-5-9-22)28(26)24-12-14-25(29)15-13-24/h2-15,18,28H,16-17,19-20H2,1H3. The fourth-order valence-corrected chi connectivity index (χ4v) is 4.86. The highest BCUT2D eigenvalue weighted by molar-refractivity contribution is 5.41. The molecule has 1 atom stereocenters. The van der Waals surface area contributed by atoms with E-state index >= 15 is 0 Å². The van der Waals surface area contributed by atoms with Crippen molar-refractivity contribution in [2.45, 2.75) is 32.5 Å². The van der Waals surface area contributed by atoms with Crippen LogP contribution in [0, 0.1) is 12.7 Å². The third kappa shape index (κ3) is 4.06. The van der Waals surface area contributed by atoms with Gasteiger partial charge in [0, 0.05) is 37.4 Å². The Morgan fingerprint density at radius 3 is 2.06 bits per heavy atom. The van der Waals surface area contributed by atoms with Gasteiger partial charge in [0.15, 0.2) is 0 Å². The molecule has 4 aromatic rings. The lowest BCUT2D eigenvalue weighted by Gasteiger charge is -2.37. The fraction of sp³-hybridized carbons (Fsp3) is 0.214. The van der Waals surface area contributed by atoms with Crippen LogP contribution in [0.2, 0.25) is 0 Å². The lowest BCUT2D eigenvalue weighted by Crippen LogP contribution is -2.36. The summed E-state index contributed by atoms with van der Waals surface area (Å²) in [6.45, 7) is 4.94. The highest BCUT2D eigenvalue weighted by Gasteiger charge is 2.31. The number of halogens is 1. The van der Waals surface area contributed by atoms with Crippen molar-refractivity contribution in [3.05, 3.63) is 130 Å². The summed E-state index contributed by atoms with van der Waals surface area (Å²) in [6, 6.07) is 30.8. The first kappa shape index (κ1) is 19.8. The molecule has 0 N–H and O–H groups in total. The highest BCUT2D eigenvalue weighted by Crippen LogP contribution is 2.38. The fourth-order valence-electron chi connectivity index (χ4n) is 4.86. The Labute approximate surface area is 183 Å². The average Bonchev–Trinajstić information content (AvgIpc) is 3.11. The van der Waals surface area contributed by atoms with Crippen LogP contribution in [0.3, 0.4) is 0 Å². The Morgan fingerprint density at radius 2 is 1.42 bits per heavy atom. The van der Waals surface area contributed by atoms with Gasteiger partial charge in [-0.3, -0.25) is 4.90 Å². The first-order chi connectivity index (χ1) is 15.2. The predicted octanol–water partition coefficient (Wildman–Crippen LogP) is 6.13. The van der Waals surface area contributed by atoms with E-state index in [0.29, 0.717) is 0 Å². The van der Waals surface area contributed by atoms with Crippen molar-refractivity contribution in [1.29, 1.82) is 0 Å². The molecule has 0 bridgehead atoms. The lowest BCUT2D eigenvalue weighted by atomic mass is 9.91. The Hall–Kier alpha value is -3.17. The second-order valence-corrected chi connectivity index (χ2v) is 8.42. The summed E-state index contributed by atoms with van der Waals surface area (Å²) in [5, 5.41) is 0. The number of hydrogen-bond acceptors (Lipinski definition) is 1. The van der Waals surface area contributed by atoms with E-state index in [-0.39, 0.29) is 11.9 Å². The van der Waals surface area contributed by atoms with E-state index in [0.717, 1.165) is 31.6 Å². The summed E-state index contributed by atoms with van der Waals surface area (Å²) in [6.07, 6.45) is 1.01. The van der Waals surface area contributed by atoms with E-state index in [2.05, 4.69) is 83.1 Å². The minimum Gasteiger partial charge on any atom is -0.344 e. The van der Waals surface area contributed by atoms with Gasteiger partial charge in [-0.2, -0.15) is 0 Å². The molecule has 3 aromatic carbocycles. The van der Waals surface area contributed by atoms with Crippen LogP contribution >= 0.6 is 0 Å². The van der Waals surface area contributed by atoms with Gasteiger partial charge in [0.1, 0.15) is 5.82 Å². The van der Waals surface area contributed by atoms with E-state index in [1.54, 1.807) is 12.1 Å². The van der Waals surface area contributed by atoms with Gasteiger partial charge in [0.05, 0.1) is 6.04 Å². The minimum atomic E-state index is -0.188. The predicted molar refractivity (Wildman–Crippen MR) is 124 cm³/mol. The molecule has 2 nitrogen and oxygen atoms in total. The van der Waals surface area contributed by atoms with Gasteiger partial charge in [-0.25, -0.2) is 4.39 Å². The van der Waals surface area contributed by atoms with Gasteiger partial charge in [0.25, 0.3) is 0 Å². The van der Waals surface area contributed by atoms with Crippen molar-refractivity contribution < 1.29 is 4.39 Å². The number of hydrogen-bond donors (Lipinski definition) is 0. The summed E-state index contributed by atoms with van der Waals surface area (Å²) < 4.78 is 16.1. The topological polar surface area (TPSA) is 8.17 Å². The normalized spacial score (nSPS) is 16.3. The van der Waals surface area contributed by atoms with Crippen LogP contribution in [-0.4, -0.2) is 16.0 Å². The molecule has 0 radical (unpaired) electrons. The maximum atomic E-state index is 13.7. The van der Waals surface area contributed by atoms with Crippen LogP contribution in [0.5, 0.6) is 0 Å². The Balaban J connectivity index is 1.55. The first-order valence-corrected chi connectivity index (χ1v) is 11.0. The summed E-state index contributed by atoms with van der Waals surface area (Å²) in [5.74, 6) is -0.188. The van der Waals surface area contributed by atoms with Crippen LogP contribution in [0.4, 0.5) is 4.39 Å². The largest absolute Gasteiger partial charge is 0.344 e. The number of aromatic nitrogens is 1. The Bertz CT molecular complexity index is 1150. The Morgan fingerprint density at radius 1 is 0.806 bits per heavy atom. The number of benzene rings is 3. The second-order valence-electron chi connectivity index (χ2n) is 8.42. The zero-order valence-electron chi connectivity index (χ0n) is 17.8. The molecule has 156 valence electrons. The van der Waals surface area contributed by atoms with Gasteiger partial charge in [-0.05, 0) is 47.4 Å². The number of fused-ring (bicyclic) bond motifs is 1. The van der Waals surface area contributed by atoms with E-state index in [1.165, 1.54) is 28.1 Å². The quantitative estimate of drug-likeness (QED) is 0.384. The zero-order chi connectivity index (χ0) is 21.2. The first-order valence-electron chi connectivity index (χ1n) is 11.0. The molecule has 5 rings (SSSR count). The van der Waals surface area contributed by atoms with Crippen LogP contribution in [0.1, 0.15) is 39.7 Å². The van der Waals surface area contributed by atoms with Gasteiger partial charge in [-0.1, -0.05) is 72.8 Å². The molecule has 1 unspecified atom stereocenters. The molecule has 0 spiro atoms. The molecule has 0 fully saturated rings. The summed E-state index contributed by atoms with van der Waals surface area (Å²) >= 11 is 0. The van der Waals surface area contributed by atoms with Crippen molar-refractivity contribution >= 4 is 0 Å². The maximum Gasteiger partial charge on any atom is 0.123 e. The smallest absolute Gasteiger partial charge is 0.123 e. The molecule has 1 aliphatic rings. The lowest BCUT2D eigenvalue weighted by molar-refractivity contribution is 0.202. The molecule has 0 saturated carbocycles. The molecular formula is C28H27FN2. The van der Waals surface area contributed by atoms with Gasteiger partial charge >= 0.3 is 0 Å². The van der Waals surface area contributed by atoms with Gasteiger partial charge in [0.2, 0.25) is 0 Å². The molecule has 0 aliphatic carbocycles. The third-order valence-electron chi connectivity index (χ3n) is 6.34. The number of rotatable bonds is 5. The van der Waals surface area contributed by atoms with Gasteiger partial charge < -0.3 is 4.57 Å². The van der Waals surface area contributed by atoms with Crippen LogP contribution in [0.15, 0.2) is 91.0 Å². The van der Waals surface area contributed by atoms with Crippen LogP contribution < -0.4 is 0 Å². The average molecular weight is 411 g/mol. The molecule has 31 heavy (non-hydrogen) atoms. The molecule has 0 saturated heterocycles. The maximum absolute atomic E-state index is 13.7. The molecule has 0 amide bonds. The van der Waals surface area contributed by atoms with Crippen molar-refractivity contribution in [1.82, 2.24) is 9.47 Å². The molecule has 1 aromatic heterocycles.